The van der Waals surface area contributed by atoms with Gasteiger partial charge in [0.1, 0.15) is 0 Å². The second-order valence-corrected chi connectivity index (χ2v) is 4.40. The first-order chi connectivity index (χ1) is 7.11. The molecule has 0 spiro atoms. The molecule has 2 fully saturated rings. The van der Waals surface area contributed by atoms with Gasteiger partial charge in [-0.25, -0.2) is 4.79 Å². The third kappa shape index (κ3) is 2.06. The zero-order valence-electron chi connectivity index (χ0n) is 9.03. The lowest BCUT2D eigenvalue weighted by Crippen LogP contribution is -2.61. The molecule has 15 heavy (non-hydrogen) atoms. The van der Waals surface area contributed by atoms with Crippen molar-refractivity contribution in [2.45, 2.75) is 19.4 Å². The van der Waals surface area contributed by atoms with Crippen LogP contribution in [0.3, 0.4) is 0 Å². The van der Waals surface area contributed by atoms with E-state index in [1.807, 2.05) is 0 Å². The fraction of sp³-hybridized carbons (Fsp3) is 0.800. The van der Waals surface area contributed by atoms with Gasteiger partial charge in [0.2, 0.25) is 5.91 Å². The first-order valence-corrected chi connectivity index (χ1v) is 5.25. The molecule has 2 aliphatic rings. The summed E-state index contributed by atoms with van der Waals surface area (Å²) in [6.45, 7) is 3.21. The summed E-state index contributed by atoms with van der Waals surface area (Å²) in [6, 6.07) is 0.115. The van der Waals surface area contributed by atoms with Crippen molar-refractivity contribution >= 4 is 12.0 Å². The van der Waals surface area contributed by atoms with Crippen LogP contribution in [0.1, 0.15) is 13.3 Å². The Kier molecular flexibility index (Phi) is 2.54. The number of carbonyl (C=O) groups is 2. The van der Waals surface area contributed by atoms with Gasteiger partial charge in [-0.1, -0.05) is 6.92 Å². The lowest BCUT2D eigenvalue weighted by molar-refractivity contribution is -0.124. The summed E-state index contributed by atoms with van der Waals surface area (Å²) in [5.74, 6) is 0.871. The molecule has 1 saturated carbocycles. The summed E-state index contributed by atoms with van der Waals surface area (Å²) >= 11 is 0. The van der Waals surface area contributed by atoms with Crippen molar-refractivity contribution < 1.29 is 14.3 Å². The predicted octanol–water partition coefficient (Wildman–Crippen LogP) is 0.209. The van der Waals surface area contributed by atoms with Crippen LogP contribution in [0.4, 0.5) is 4.79 Å². The Balaban J connectivity index is 1.67. The maximum atomic E-state index is 11.5. The van der Waals surface area contributed by atoms with Crippen molar-refractivity contribution in [3.05, 3.63) is 0 Å². The quantitative estimate of drug-likeness (QED) is 0.711. The van der Waals surface area contributed by atoms with E-state index >= 15 is 0 Å². The van der Waals surface area contributed by atoms with E-state index in [0.717, 1.165) is 6.42 Å². The maximum absolute atomic E-state index is 11.5. The van der Waals surface area contributed by atoms with Crippen LogP contribution in [0.5, 0.6) is 0 Å². The average Bonchev–Trinajstić information content (AvgIpc) is 2.87. The van der Waals surface area contributed by atoms with Crippen LogP contribution >= 0.6 is 0 Å². The number of amides is 2. The van der Waals surface area contributed by atoms with Crippen molar-refractivity contribution in [2.24, 2.45) is 11.8 Å². The van der Waals surface area contributed by atoms with Crippen molar-refractivity contribution in [1.29, 1.82) is 0 Å². The molecule has 1 saturated heterocycles. The fourth-order valence-electron chi connectivity index (χ4n) is 1.84. The molecule has 0 bridgehead atoms. The Hall–Kier alpha value is -1.26. The second-order valence-electron chi connectivity index (χ2n) is 4.40. The average molecular weight is 212 g/mol. The molecule has 1 aliphatic carbocycles. The predicted molar refractivity (Wildman–Crippen MR) is 53.2 cm³/mol. The number of methoxy groups -OCH3 is 1. The number of carbonyl (C=O) groups excluding carboxylic acids is 2. The number of rotatable bonds is 2. The van der Waals surface area contributed by atoms with Gasteiger partial charge in [0.25, 0.3) is 0 Å². The third-order valence-electron chi connectivity index (χ3n) is 3.11. The fourth-order valence-corrected chi connectivity index (χ4v) is 1.84. The van der Waals surface area contributed by atoms with E-state index in [1.165, 1.54) is 7.11 Å². The highest BCUT2D eigenvalue weighted by Crippen LogP contribution is 2.37. The van der Waals surface area contributed by atoms with Crippen LogP contribution in [0.25, 0.3) is 0 Å². The Morgan fingerprint density at radius 3 is 2.47 bits per heavy atom. The molecule has 1 aliphatic heterocycles. The topological polar surface area (TPSA) is 58.6 Å². The molecule has 0 unspecified atom stereocenters. The van der Waals surface area contributed by atoms with E-state index in [0.29, 0.717) is 19.0 Å². The van der Waals surface area contributed by atoms with E-state index in [-0.39, 0.29) is 24.0 Å². The number of ether oxygens (including phenoxy) is 1. The van der Waals surface area contributed by atoms with Crippen molar-refractivity contribution in [2.75, 3.05) is 20.2 Å². The Morgan fingerprint density at radius 2 is 2.00 bits per heavy atom. The summed E-state index contributed by atoms with van der Waals surface area (Å²) in [5, 5.41) is 2.93. The molecule has 1 N–H and O–H groups in total. The van der Waals surface area contributed by atoms with Gasteiger partial charge >= 0.3 is 6.09 Å². The maximum Gasteiger partial charge on any atom is 0.409 e. The minimum Gasteiger partial charge on any atom is -0.453 e. The van der Waals surface area contributed by atoms with Gasteiger partial charge in [0, 0.05) is 19.0 Å². The zero-order valence-corrected chi connectivity index (χ0v) is 9.03. The van der Waals surface area contributed by atoms with Crippen molar-refractivity contribution in [3.8, 4) is 0 Å². The Labute approximate surface area is 88.8 Å². The zero-order chi connectivity index (χ0) is 11.0. The van der Waals surface area contributed by atoms with Gasteiger partial charge in [-0.15, -0.1) is 0 Å². The standard InChI is InChI=1S/C10H16N2O3/c1-6-3-8(6)9(13)11-7-4-12(5-7)10(14)15-2/h6-8H,3-5H2,1-2H3,(H,11,13)/t6-,8+/m1/s1. The summed E-state index contributed by atoms with van der Waals surface area (Å²) in [5.41, 5.74) is 0. The normalized spacial score (nSPS) is 29.3. The summed E-state index contributed by atoms with van der Waals surface area (Å²) in [4.78, 5) is 24.1. The molecule has 5 heteroatoms. The summed E-state index contributed by atoms with van der Waals surface area (Å²) in [6.07, 6.45) is 0.680. The van der Waals surface area contributed by atoms with Crippen LogP contribution in [0.15, 0.2) is 0 Å². The van der Waals surface area contributed by atoms with E-state index in [1.54, 1.807) is 4.90 Å². The third-order valence-corrected chi connectivity index (χ3v) is 3.11. The number of nitrogens with one attached hydrogen (secondary N) is 1. The first kappa shape index (κ1) is 10.3. The van der Waals surface area contributed by atoms with Gasteiger partial charge in [-0.3, -0.25) is 4.79 Å². The Bertz CT molecular complexity index is 286. The van der Waals surface area contributed by atoms with Crippen LogP contribution in [0.2, 0.25) is 0 Å². The number of hydrogen-bond donors (Lipinski definition) is 1. The molecule has 84 valence electrons. The monoisotopic (exact) mass is 212 g/mol. The van der Waals surface area contributed by atoms with Crippen LogP contribution in [-0.2, 0) is 9.53 Å². The van der Waals surface area contributed by atoms with Crippen LogP contribution in [0, 0.1) is 11.8 Å². The molecule has 2 amide bonds. The van der Waals surface area contributed by atoms with E-state index in [2.05, 4.69) is 17.0 Å². The van der Waals surface area contributed by atoms with E-state index < -0.39 is 0 Å². The largest absolute Gasteiger partial charge is 0.453 e. The van der Waals surface area contributed by atoms with Gasteiger partial charge in [-0.2, -0.15) is 0 Å². The van der Waals surface area contributed by atoms with Crippen LogP contribution < -0.4 is 5.32 Å². The molecule has 0 radical (unpaired) electrons. The van der Waals surface area contributed by atoms with E-state index in [4.69, 9.17) is 0 Å². The molecule has 5 nitrogen and oxygen atoms in total. The molecule has 2 rings (SSSR count). The van der Waals surface area contributed by atoms with Crippen molar-refractivity contribution in [3.63, 3.8) is 0 Å². The molecule has 0 aromatic heterocycles. The minimum absolute atomic E-state index is 0.115. The van der Waals surface area contributed by atoms with Gasteiger partial charge in [-0.05, 0) is 12.3 Å². The lowest BCUT2D eigenvalue weighted by atomic mass is 10.1. The number of nitrogens with zero attached hydrogens (tertiary/aromatic N) is 1. The lowest BCUT2D eigenvalue weighted by Gasteiger charge is -2.38. The summed E-state index contributed by atoms with van der Waals surface area (Å²) < 4.78 is 4.56. The highest BCUT2D eigenvalue weighted by atomic mass is 16.5. The van der Waals surface area contributed by atoms with Gasteiger partial charge in [0.15, 0.2) is 0 Å². The molecule has 0 aromatic carbocycles. The number of likely N-dealkylation sites (tertiary alicyclic amines) is 1. The number of hydrogen-bond acceptors (Lipinski definition) is 3. The van der Waals surface area contributed by atoms with Crippen molar-refractivity contribution in [1.82, 2.24) is 10.2 Å². The van der Waals surface area contributed by atoms with Gasteiger partial charge < -0.3 is 15.0 Å². The molecule has 1 heterocycles. The van der Waals surface area contributed by atoms with Gasteiger partial charge in [0.05, 0.1) is 13.2 Å². The molecule has 2 atom stereocenters. The molecule has 0 aromatic rings. The summed E-state index contributed by atoms with van der Waals surface area (Å²) in [7, 11) is 1.36. The smallest absolute Gasteiger partial charge is 0.409 e. The SMILES string of the molecule is COC(=O)N1CC(NC(=O)[C@H]2C[C@H]2C)C1. The molecular formula is C10H16N2O3. The Morgan fingerprint density at radius 1 is 1.40 bits per heavy atom. The highest BCUT2D eigenvalue weighted by molar-refractivity contribution is 5.82. The molecular weight excluding hydrogens is 196 g/mol. The highest BCUT2D eigenvalue weighted by Gasteiger charge is 2.41. The first-order valence-electron chi connectivity index (χ1n) is 5.25. The van der Waals surface area contributed by atoms with Crippen LogP contribution in [-0.4, -0.2) is 43.1 Å². The second kappa shape index (κ2) is 3.72. The minimum atomic E-state index is -0.319. The van der Waals surface area contributed by atoms with E-state index in [9.17, 15) is 9.59 Å².